The number of benzene rings is 1. The quantitative estimate of drug-likeness (QED) is 0.904. The van der Waals surface area contributed by atoms with Crippen molar-refractivity contribution in [3.63, 3.8) is 0 Å². The van der Waals surface area contributed by atoms with Crippen molar-refractivity contribution in [2.24, 2.45) is 0 Å². The van der Waals surface area contributed by atoms with Crippen LogP contribution in [0.4, 0.5) is 0 Å². The molecular formula is C15H19ClN4O2. The van der Waals surface area contributed by atoms with Gasteiger partial charge in [-0.05, 0) is 30.7 Å². The molecule has 0 amide bonds. The van der Waals surface area contributed by atoms with E-state index in [2.05, 4.69) is 15.2 Å². The molecule has 1 aromatic carbocycles. The molecule has 0 spiro atoms. The smallest absolute Gasteiger partial charge is 0.0971 e. The lowest BCUT2D eigenvalue weighted by Crippen LogP contribution is -2.32. The number of hydrogen-bond donors (Lipinski definition) is 1. The minimum absolute atomic E-state index is 0.116. The van der Waals surface area contributed by atoms with Crippen molar-refractivity contribution >= 4 is 11.6 Å². The summed E-state index contributed by atoms with van der Waals surface area (Å²) in [4.78, 5) is 2.18. The van der Waals surface area contributed by atoms with Crippen LogP contribution in [0.25, 0.3) is 5.69 Å². The van der Waals surface area contributed by atoms with E-state index < -0.39 is 0 Å². The number of likely N-dealkylation sites (tertiary alicyclic amines) is 1. The summed E-state index contributed by atoms with van der Waals surface area (Å²) in [6, 6.07) is 7.56. The Morgan fingerprint density at radius 1 is 1.36 bits per heavy atom. The second-order valence-corrected chi connectivity index (χ2v) is 5.93. The highest BCUT2D eigenvalue weighted by Gasteiger charge is 2.31. The third-order valence-corrected chi connectivity index (χ3v) is 4.28. The zero-order valence-electron chi connectivity index (χ0n) is 12.4. The van der Waals surface area contributed by atoms with Gasteiger partial charge in [-0.2, -0.15) is 0 Å². The molecule has 1 aliphatic rings. The van der Waals surface area contributed by atoms with Crippen molar-refractivity contribution in [3.05, 3.63) is 41.2 Å². The highest BCUT2D eigenvalue weighted by molar-refractivity contribution is 6.30. The van der Waals surface area contributed by atoms with E-state index in [4.69, 9.17) is 16.3 Å². The van der Waals surface area contributed by atoms with E-state index >= 15 is 0 Å². The van der Waals surface area contributed by atoms with E-state index in [1.165, 1.54) is 0 Å². The number of nitrogens with zero attached hydrogens (tertiary/aromatic N) is 4. The van der Waals surface area contributed by atoms with Gasteiger partial charge in [0.25, 0.3) is 0 Å². The zero-order valence-corrected chi connectivity index (χ0v) is 13.1. The molecule has 22 heavy (non-hydrogen) atoms. The summed E-state index contributed by atoms with van der Waals surface area (Å²) in [5.41, 5.74) is 1.78. The number of rotatable bonds is 5. The molecule has 1 N–H and O–H groups in total. The second kappa shape index (κ2) is 6.75. The van der Waals surface area contributed by atoms with Crippen LogP contribution in [0.2, 0.25) is 5.02 Å². The molecule has 0 aliphatic carbocycles. The van der Waals surface area contributed by atoms with E-state index in [1.54, 1.807) is 11.8 Å². The largest absolute Gasteiger partial charge is 0.395 e. The molecule has 0 radical (unpaired) electrons. The molecule has 2 heterocycles. The molecule has 1 fully saturated rings. The fraction of sp³-hybridized carbons (Fsp3) is 0.467. The predicted octanol–water partition coefficient (Wildman–Crippen LogP) is 1.50. The molecule has 0 bridgehead atoms. The molecule has 3 rings (SSSR count). The summed E-state index contributed by atoms with van der Waals surface area (Å²) in [7, 11) is 1.71. The van der Waals surface area contributed by atoms with Gasteiger partial charge in [0.1, 0.15) is 0 Å². The van der Waals surface area contributed by atoms with Gasteiger partial charge < -0.3 is 9.84 Å². The molecule has 6 nitrogen and oxygen atoms in total. The topological polar surface area (TPSA) is 63.4 Å². The second-order valence-electron chi connectivity index (χ2n) is 5.49. The monoisotopic (exact) mass is 322 g/mol. The van der Waals surface area contributed by atoms with Crippen molar-refractivity contribution in [2.45, 2.75) is 25.1 Å². The van der Waals surface area contributed by atoms with Crippen molar-refractivity contribution < 1.29 is 9.84 Å². The first kappa shape index (κ1) is 15.4. The van der Waals surface area contributed by atoms with Crippen LogP contribution in [-0.4, -0.2) is 57.4 Å². The maximum Gasteiger partial charge on any atom is 0.0971 e. The molecule has 1 aromatic heterocycles. The van der Waals surface area contributed by atoms with Gasteiger partial charge in [-0.3, -0.25) is 4.90 Å². The molecule has 0 unspecified atom stereocenters. The van der Waals surface area contributed by atoms with Crippen LogP contribution in [0.5, 0.6) is 0 Å². The lowest BCUT2D eigenvalue weighted by atomic mass is 10.2. The van der Waals surface area contributed by atoms with Gasteiger partial charge in [-0.1, -0.05) is 16.8 Å². The van der Waals surface area contributed by atoms with E-state index in [0.717, 1.165) is 24.3 Å². The summed E-state index contributed by atoms with van der Waals surface area (Å²) < 4.78 is 7.12. The van der Waals surface area contributed by atoms with Crippen molar-refractivity contribution in [2.75, 3.05) is 20.3 Å². The molecule has 2 atom stereocenters. The number of halogens is 1. The highest BCUT2D eigenvalue weighted by Crippen LogP contribution is 2.21. The van der Waals surface area contributed by atoms with Crippen LogP contribution in [0.3, 0.4) is 0 Å². The van der Waals surface area contributed by atoms with Gasteiger partial charge >= 0.3 is 0 Å². The highest BCUT2D eigenvalue weighted by atomic mass is 35.5. The van der Waals surface area contributed by atoms with Crippen LogP contribution >= 0.6 is 11.6 Å². The van der Waals surface area contributed by atoms with Crippen molar-refractivity contribution in [3.8, 4) is 5.69 Å². The number of aliphatic hydroxyl groups excluding tert-OH is 1. The first-order valence-electron chi connectivity index (χ1n) is 7.24. The third kappa shape index (κ3) is 3.30. The van der Waals surface area contributed by atoms with E-state index in [-0.39, 0.29) is 18.8 Å². The number of aromatic nitrogens is 3. The Morgan fingerprint density at radius 3 is 2.82 bits per heavy atom. The van der Waals surface area contributed by atoms with Crippen LogP contribution in [0.1, 0.15) is 12.1 Å². The zero-order chi connectivity index (χ0) is 15.5. The Balaban J connectivity index is 1.70. The molecule has 118 valence electrons. The Morgan fingerprint density at radius 2 is 2.14 bits per heavy atom. The molecule has 7 heteroatoms. The predicted molar refractivity (Wildman–Crippen MR) is 83.1 cm³/mol. The van der Waals surface area contributed by atoms with E-state index in [9.17, 15) is 5.11 Å². The summed E-state index contributed by atoms with van der Waals surface area (Å²) in [5.74, 6) is 0. The number of methoxy groups -OCH3 is 1. The lowest BCUT2D eigenvalue weighted by Gasteiger charge is -2.20. The standard InChI is InChI=1S/C15H19ClN4O2/c1-22-15-6-14(10-21)19(9-15)7-12-8-20(18-17-12)13-4-2-11(16)3-5-13/h2-5,8,14-15,21H,6-7,9-10H2,1H3/t14-,15+/m0/s1. The average Bonchev–Trinajstić information content (AvgIpc) is 3.15. The SMILES string of the molecule is CO[C@@H]1C[C@@H](CO)N(Cc2cn(-c3ccc(Cl)cc3)nn2)C1. The summed E-state index contributed by atoms with van der Waals surface area (Å²) in [6.45, 7) is 1.58. The minimum Gasteiger partial charge on any atom is -0.395 e. The molecule has 2 aromatic rings. The summed E-state index contributed by atoms with van der Waals surface area (Å²) in [5, 5.41) is 18.5. The first-order chi connectivity index (χ1) is 10.7. The fourth-order valence-corrected chi connectivity index (χ4v) is 2.92. The summed E-state index contributed by atoms with van der Waals surface area (Å²) in [6.07, 6.45) is 2.92. The molecule has 1 aliphatic heterocycles. The molecular weight excluding hydrogens is 304 g/mol. The fourth-order valence-electron chi connectivity index (χ4n) is 2.79. The van der Waals surface area contributed by atoms with Crippen molar-refractivity contribution in [1.29, 1.82) is 0 Å². The van der Waals surface area contributed by atoms with Crippen LogP contribution in [0, 0.1) is 0 Å². The Kier molecular flexibility index (Phi) is 4.73. The number of aliphatic hydroxyl groups is 1. The average molecular weight is 323 g/mol. The Hall–Kier alpha value is -1.47. The van der Waals surface area contributed by atoms with E-state index in [0.29, 0.717) is 11.6 Å². The van der Waals surface area contributed by atoms with Gasteiger partial charge in [0.05, 0.1) is 30.3 Å². The Labute approximate surface area is 134 Å². The third-order valence-electron chi connectivity index (χ3n) is 4.03. The van der Waals surface area contributed by atoms with Gasteiger partial charge in [0, 0.05) is 31.3 Å². The van der Waals surface area contributed by atoms with E-state index in [1.807, 2.05) is 30.5 Å². The Bertz CT molecular complexity index is 616. The minimum atomic E-state index is 0.116. The van der Waals surface area contributed by atoms with Crippen molar-refractivity contribution in [1.82, 2.24) is 19.9 Å². The maximum atomic E-state index is 9.49. The van der Waals surface area contributed by atoms with Gasteiger partial charge in [-0.25, -0.2) is 4.68 Å². The maximum absolute atomic E-state index is 9.49. The van der Waals surface area contributed by atoms with Gasteiger partial charge in [-0.15, -0.1) is 5.10 Å². The lowest BCUT2D eigenvalue weighted by molar-refractivity contribution is 0.107. The molecule has 1 saturated heterocycles. The summed E-state index contributed by atoms with van der Waals surface area (Å²) >= 11 is 5.89. The van der Waals surface area contributed by atoms with Gasteiger partial charge in [0.2, 0.25) is 0 Å². The van der Waals surface area contributed by atoms with Gasteiger partial charge in [0.15, 0.2) is 0 Å². The first-order valence-corrected chi connectivity index (χ1v) is 7.62. The molecule has 0 saturated carbocycles. The number of hydrogen-bond acceptors (Lipinski definition) is 5. The van der Waals surface area contributed by atoms with Crippen LogP contribution in [-0.2, 0) is 11.3 Å². The van der Waals surface area contributed by atoms with Crippen LogP contribution < -0.4 is 0 Å². The number of ether oxygens (including phenoxy) is 1. The normalized spacial score (nSPS) is 22.3. The van der Waals surface area contributed by atoms with Crippen LogP contribution in [0.15, 0.2) is 30.5 Å².